The zero-order valence-corrected chi connectivity index (χ0v) is 19.4. The number of anilines is 1. The highest BCUT2D eigenvalue weighted by molar-refractivity contribution is 5.94. The van der Waals surface area contributed by atoms with Crippen LogP contribution in [0.1, 0.15) is 27.7 Å². The Morgan fingerprint density at radius 3 is 2.55 bits per heavy atom. The Hall–Kier alpha value is -2.74. The zero-order chi connectivity index (χ0) is 22.6. The fraction of sp³-hybridized carbons (Fsp3) is 0.565. The van der Waals surface area contributed by atoms with Crippen LogP contribution >= 0.6 is 0 Å². The van der Waals surface area contributed by atoms with Crippen molar-refractivity contribution < 1.29 is 19.0 Å². The van der Waals surface area contributed by atoms with Gasteiger partial charge >= 0.3 is 6.09 Å². The highest BCUT2D eigenvalue weighted by Gasteiger charge is 2.25. The molecule has 1 fully saturated rings. The number of amides is 1. The van der Waals surface area contributed by atoms with E-state index < -0.39 is 5.60 Å². The van der Waals surface area contributed by atoms with Gasteiger partial charge in [-0.25, -0.2) is 4.79 Å². The second-order valence-corrected chi connectivity index (χ2v) is 8.81. The molecule has 1 unspecified atom stereocenters. The SMILES string of the molecule is COc1cc2nccc(N3CCN(CCNC(=O)OC(C)(C)C)C(C)C3)c2cc1OC. The normalized spacial score (nSPS) is 17.5. The number of rotatable bonds is 6. The molecule has 1 aromatic heterocycles. The number of methoxy groups -OCH3 is 2. The van der Waals surface area contributed by atoms with Gasteiger partial charge in [-0.1, -0.05) is 0 Å². The third-order valence-electron chi connectivity index (χ3n) is 5.40. The number of carbonyl (C=O) groups is 1. The molecule has 0 bridgehead atoms. The first-order valence-electron chi connectivity index (χ1n) is 10.7. The summed E-state index contributed by atoms with van der Waals surface area (Å²) in [6, 6.07) is 6.32. The van der Waals surface area contributed by atoms with Gasteiger partial charge in [0.1, 0.15) is 5.60 Å². The molecule has 0 radical (unpaired) electrons. The molecule has 1 amide bonds. The summed E-state index contributed by atoms with van der Waals surface area (Å²) in [5.41, 5.74) is 1.54. The molecular weight excluding hydrogens is 396 g/mol. The molecule has 0 spiro atoms. The number of nitrogens with zero attached hydrogens (tertiary/aromatic N) is 3. The first kappa shape index (κ1) is 22.9. The van der Waals surface area contributed by atoms with Crippen LogP contribution in [0.2, 0.25) is 0 Å². The summed E-state index contributed by atoms with van der Waals surface area (Å²) in [5.74, 6) is 1.37. The minimum Gasteiger partial charge on any atom is -0.493 e. The van der Waals surface area contributed by atoms with Gasteiger partial charge in [-0.2, -0.15) is 0 Å². The molecule has 2 heterocycles. The number of pyridine rings is 1. The number of fused-ring (bicyclic) bond motifs is 1. The van der Waals surface area contributed by atoms with Crippen LogP contribution < -0.4 is 19.7 Å². The Labute approximate surface area is 184 Å². The van der Waals surface area contributed by atoms with E-state index in [4.69, 9.17) is 14.2 Å². The fourth-order valence-corrected chi connectivity index (χ4v) is 3.90. The standard InChI is InChI=1S/C23H34N4O4/c1-16-15-27(12-11-26(16)10-9-25-22(28)31-23(2,3)4)19-7-8-24-18-14-21(30-6)20(29-5)13-17(18)19/h7-8,13-14,16H,9-12,15H2,1-6H3,(H,25,28). The average Bonchev–Trinajstić information content (AvgIpc) is 2.72. The smallest absolute Gasteiger partial charge is 0.407 e. The number of nitrogens with one attached hydrogen (secondary N) is 1. The van der Waals surface area contributed by atoms with E-state index in [1.54, 1.807) is 14.2 Å². The van der Waals surface area contributed by atoms with E-state index in [0.717, 1.165) is 42.8 Å². The summed E-state index contributed by atoms with van der Waals surface area (Å²) < 4.78 is 16.2. The van der Waals surface area contributed by atoms with Crippen molar-refractivity contribution >= 4 is 22.7 Å². The number of hydrogen-bond acceptors (Lipinski definition) is 7. The molecule has 1 aromatic carbocycles. The predicted molar refractivity (Wildman–Crippen MR) is 122 cm³/mol. The second-order valence-electron chi connectivity index (χ2n) is 8.81. The summed E-state index contributed by atoms with van der Waals surface area (Å²) in [5, 5.41) is 3.90. The van der Waals surface area contributed by atoms with Crippen LogP contribution in [0.3, 0.4) is 0 Å². The molecule has 8 heteroatoms. The number of piperazine rings is 1. The van der Waals surface area contributed by atoms with E-state index >= 15 is 0 Å². The summed E-state index contributed by atoms with van der Waals surface area (Å²) in [7, 11) is 3.28. The Morgan fingerprint density at radius 1 is 1.19 bits per heavy atom. The molecule has 3 rings (SSSR count). The van der Waals surface area contributed by atoms with Crippen molar-refractivity contribution in [2.24, 2.45) is 0 Å². The van der Waals surface area contributed by atoms with Crippen molar-refractivity contribution in [3.63, 3.8) is 0 Å². The first-order chi connectivity index (χ1) is 14.7. The average molecular weight is 431 g/mol. The van der Waals surface area contributed by atoms with Crippen LogP contribution in [0.25, 0.3) is 10.9 Å². The van der Waals surface area contributed by atoms with Gasteiger partial charge in [0.2, 0.25) is 0 Å². The highest BCUT2D eigenvalue weighted by atomic mass is 16.6. The molecular formula is C23H34N4O4. The summed E-state index contributed by atoms with van der Waals surface area (Å²) >= 11 is 0. The molecule has 8 nitrogen and oxygen atoms in total. The van der Waals surface area contributed by atoms with Crippen molar-refractivity contribution in [2.45, 2.75) is 39.3 Å². The molecule has 2 aromatic rings. The van der Waals surface area contributed by atoms with Crippen molar-refractivity contribution in [2.75, 3.05) is 51.8 Å². The monoisotopic (exact) mass is 430 g/mol. The van der Waals surface area contributed by atoms with Crippen LogP contribution in [0.4, 0.5) is 10.5 Å². The second kappa shape index (κ2) is 9.60. The van der Waals surface area contributed by atoms with Gasteiger partial charge in [0.25, 0.3) is 0 Å². The summed E-state index contributed by atoms with van der Waals surface area (Å²) in [6.07, 6.45) is 1.47. The number of carbonyl (C=O) groups excluding carboxylic acids is 1. The van der Waals surface area contributed by atoms with Gasteiger partial charge in [0.15, 0.2) is 11.5 Å². The van der Waals surface area contributed by atoms with Gasteiger partial charge in [0.05, 0.1) is 19.7 Å². The lowest BCUT2D eigenvalue weighted by molar-refractivity contribution is 0.0517. The van der Waals surface area contributed by atoms with Crippen LogP contribution in [0.15, 0.2) is 24.4 Å². The predicted octanol–water partition coefficient (Wildman–Crippen LogP) is 3.29. The molecule has 1 N–H and O–H groups in total. The number of alkyl carbamates (subject to hydrolysis) is 1. The highest BCUT2D eigenvalue weighted by Crippen LogP contribution is 2.36. The van der Waals surface area contributed by atoms with E-state index in [1.807, 2.05) is 39.1 Å². The van der Waals surface area contributed by atoms with E-state index in [0.29, 0.717) is 24.1 Å². The van der Waals surface area contributed by atoms with Crippen molar-refractivity contribution in [3.05, 3.63) is 24.4 Å². The van der Waals surface area contributed by atoms with Crippen molar-refractivity contribution in [1.29, 1.82) is 0 Å². The van der Waals surface area contributed by atoms with Crippen LogP contribution in [-0.4, -0.2) is 74.6 Å². The van der Waals surface area contributed by atoms with E-state index in [9.17, 15) is 4.79 Å². The van der Waals surface area contributed by atoms with Crippen molar-refractivity contribution in [1.82, 2.24) is 15.2 Å². The minimum atomic E-state index is -0.483. The molecule has 1 atom stereocenters. The largest absolute Gasteiger partial charge is 0.493 e. The van der Waals surface area contributed by atoms with Gasteiger partial charge in [-0.15, -0.1) is 0 Å². The Balaban J connectivity index is 1.64. The van der Waals surface area contributed by atoms with Crippen molar-refractivity contribution in [3.8, 4) is 11.5 Å². The lowest BCUT2D eigenvalue weighted by atomic mass is 10.1. The maximum atomic E-state index is 11.9. The molecule has 1 aliphatic rings. The lowest BCUT2D eigenvalue weighted by Gasteiger charge is -2.41. The quantitative estimate of drug-likeness (QED) is 0.754. The van der Waals surface area contributed by atoms with Crippen LogP contribution in [-0.2, 0) is 4.74 Å². The van der Waals surface area contributed by atoms with Gasteiger partial charge in [-0.3, -0.25) is 9.88 Å². The van der Waals surface area contributed by atoms with Gasteiger partial charge in [-0.05, 0) is 39.8 Å². The van der Waals surface area contributed by atoms with E-state index in [-0.39, 0.29) is 6.09 Å². The lowest BCUT2D eigenvalue weighted by Crippen LogP contribution is -2.53. The van der Waals surface area contributed by atoms with E-state index in [2.05, 4.69) is 33.1 Å². The number of benzene rings is 1. The summed E-state index contributed by atoms with van der Waals surface area (Å²) in [6.45, 7) is 11.9. The maximum Gasteiger partial charge on any atom is 0.407 e. The van der Waals surface area contributed by atoms with E-state index in [1.165, 1.54) is 0 Å². The number of ether oxygens (including phenoxy) is 3. The molecule has 31 heavy (non-hydrogen) atoms. The topological polar surface area (TPSA) is 76.2 Å². The molecule has 1 saturated heterocycles. The third-order valence-corrected chi connectivity index (χ3v) is 5.40. The van der Waals surface area contributed by atoms with Crippen LogP contribution in [0.5, 0.6) is 11.5 Å². The fourth-order valence-electron chi connectivity index (χ4n) is 3.90. The number of hydrogen-bond donors (Lipinski definition) is 1. The molecule has 1 aliphatic heterocycles. The minimum absolute atomic E-state index is 0.345. The summed E-state index contributed by atoms with van der Waals surface area (Å²) in [4.78, 5) is 21.1. The Morgan fingerprint density at radius 2 is 1.90 bits per heavy atom. The molecule has 170 valence electrons. The molecule has 0 saturated carbocycles. The third kappa shape index (κ3) is 5.70. The Kier molecular flexibility index (Phi) is 7.10. The Bertz CT molecular complexity index is 912. The maximum absolute atomic E-state index is 11.9. The zero-order valence-electron chi connectivity index (χ0n) is 19.4. The number of aromatic nitrogens is 1. The molecule has 0 aliphatic carbocycles. The van der Waals surface area contributed by atoms with Gasteiger partial charge < -0.3 is 24.4 Å². The van der Waals surface area contributed by atoms with Crippen LogP contribution in [0, 0.1) is 0 Å². The first-order valence-corrected chi connectivity index (χ1v) is 10.7. The van der Waals surface area contributed by atoms with Gasteiger partial charge in [0, 0.05) is 62.1 Å².